The number of rotatable bonds is 6. The van der Waals surface area contributed by atoms with E-state index in [9.17, 15) is 18.0 Å². The van der Waals surface area contributed by atoms with Gasteiger partial charge in [0.25, 0.3) is 0 Å². The van der Waals surface area contributed by atoms with Crippen molar-refractivity contribution in [3.8, 4) is 0 Å². The predicted octanol–water partition coefficient (Wildman–Crippen LogP) is 0.562. The molecule has 0 unspecified atom stereocenters. The molecule has 8 heteroatoms. The molecule has 0 aromatic carbocycles. The standard InChI is InChI=1S/C14H24N2O5S/c1-2-22(20,21)16-8-4-11(5-9-16)13(19)15-14(6-3-7-14)10-12(17)18/h11H,2-10H2,1H3,(H,15,19)(H,17,18). The van der Waals surface area contributed by atoms with Crippen LogP contribution in [0.15, 0.2) is 0 Å². The number of nitrogens with one attached hydrogen (secondary N) is 1. The highest BCUT2D eigenvalue weighted by atomic mass is 32.2. The Kier molecular flexibility index (Phi) is 5.11. The van der Waals surface area contributed by atoms with Crippen molar-refractivity contribution in [3.63, 3.8) is 0 Å². The Bertz CT molecular complexity index is 533. The molecule has 1 amide bonds. The van der Waals surface area contributed by atoms with Gasteiger partial charge in [-0.15, -0.1) is 0 Å². The summed E-state index contributed by atoms with van der Waals surface area (Å²) in [7, 11) is -3.19. The number of amides is 1. The van der Waals surface area contributed by atoms with Crippen molar-refractivity contribution in [2.45, 2.75) is 51.0 Å². The van der Waals surface area contributed by atoms with Crippen LogP contribution >= 0.6 is 0 Å². The monoisotopic (exact) mass is 332 g/mol. The van der Waals surface area contributed by atoms with Gasteiger partial charge in [-0.05, 0) is 39.0 Å². The topological polar surface area (TPSA) is 104 Å². The molecule has 0 aromatic heterocycles. The summed E-state index contributed by atoms with van der Waals surface area (Å²) < 4.78 is 25.0. The van der Waals surface area contributed by atoms with E-state index in [-0.39, 0.29) is 24.0 Å². The fourth-order valence-electron chi connectivity index (χ4n) is 3.18. The Morgan fingerprint density at radius 3 is 2.27 bits per heavy atom. The molecule has 2 rings (SSSR count). The van der Waals surface area contributed by atoms with E-state index < -0.39 is 21.5 Å². The van der Waals surface area contributed by atoms with Gasteiger partial charge in [0.15, 0.2) is 0 Å². The van der Waals surface area contributed by atoms with Crippen LogP contribution in [0.1, 0.15) is 45.4 Å². The first-order valence-corrected chi connectivity index (χ1v) is 9.40. The summed E-state index contributed by atoms with van der Waals surface area (Å²) >= 11 is 0. The summed E-state index contributed by atoms with van der Waals surface area (Å²) in [6, 6.07) is 0. The van der Waals surface area contributed by atoms with Crippen LogP contribution in [0, 0.1) is 5.92 Å². The van der Waals surface area contributed by atoms with Crippen LogP contribution in [-0.2, 0) is 19.6 Å². The van der Waals surface area contributed by atoms with Crippen LogP contribution in [0.2, 0.25) is 0 Å². The molecular formula is C14H24N2O5S. The number of hydrogen-bond acceptors (Lipinski definition) is 4. The number of aliphatic carboxylic acids is 1. The van der Waals surface area contributed by atoms with E-state index in [4.69, 9.17) is 5.11 Å². The molecule has 0 spiro atoms. The second kappa shape index (κ2) is 6.54. The Balaban J connectivity index is 1.89. The summed E-state index contributed by atoms with van der Waals surface area (Å²) in [5.74, 6) is -1.18. The summed E-state index contributed by atoms with van der Waals surface area (Å²) in [6.07, 6.45) is 3.28. The number of carboxylic acid groups (broad SMARTS) is 1. The van der Waals surface area contributed by atoms with E-state index >= 15 is 0 Å². The largest absolute Gasteiger partial charge is 0.481 e. The van der Waals surface area contributed by atoms with E-state index in [1.165, 1.54) is 4.31 Å². The summed E-state index contributed by atoms with van der Waals surface area (Å²) in [5.41, 5.74) is -0.588. The SMILES string of the molecule is CCS(=O)(=O)N1CCC(C(=O)NC2(CC(=O)O)CCC2)CC1. The Hall–Kier alpha value is -1.15. The predicted molar refractivity (Wildman–Crippen MR) is 80.7 cm³/mol. The molecule has 1 aliphatic heterocycles. The lowest BCUT2D eigenvalue weighted by Crippen LogP contribution is -2.57. The lowest BCUT2D eigenvalue weighted by atomic mass is 9.74. The van der Waals surface area contributed by atoms with Gasteiger partial charge in [0, 0.05) is 19.0 Å². The zero-order chi connectivity index (χ0) is 16.4. The molecule has 0 atom stereocenters. The molecule has 0 bridgehead atoms. The first-order chi connectivity index (χ1) is 10.3. The van der Waals surface area contributed by atoms with Gasteiger partial charge in [0.2, 0.25) is 15.9 Å². The first-order valence-electron chi connectivity index (χ1n) is 7.80. The minimum Gasteiger partial charge on any atom is -0.481 e. The third-order valence-corrected chi connectivity index (χ3v) is 6.65. The fourth-order valence-corrected chi connectivity index (χ4v) is 4.31. The number of carbonyl (C=O) groups excluding carboxylic acids is 1. The molecule has 126 valence electrons. The zero-order valence-electron chi connectivity index (χ0n) is 12.9. The number of carbonyl (C=O) groups is 2. The van der Waals surface area contributed by atoms with Crippen LogP contribution in [0.3, 0.4) is 0 Å². The lowest BCUT2D eigenvalue weighted by molar-refractivity contribution is -0.141. The van der Waals surface area contributed by atoms with Gasteiger partial charge in [0.1, 0.15) is 0 Å². The van der Waals surface area contributed by atoms with Crippen LogP contribution in [0.4, 0.5) is 0 Å². The van der Waals surface area contributed by atoms with E-state index in [1.807, 2.05) is 0 Å². The van der Waals surface area contributed by atoms with E-state index in [0.717, 1.165) is 6.42 Å². The van der Waals surface area contributed by atoms with Gasteiger partial charge >= 0.3 is 5.97 Å². The number of hydrogen-bond donors (Lipinski definition) is 2. The van der Waals surface area contributed by atoms with E-state index in [2.05, 4.69) is 5.32 Å². The van der Waals surface area contributed by atoms with Crippen LogP contribution < -0.4 is 5.32 Å². The first kappa shape index (κ1) is 17.2. The summed E-state index contributed by atoms with van der Waals surface area (Å²) in [4.78, 5) is 23.3. The second-order valence-corrected chi connectivity index (χ2v) is 8.53. The maximum Gasteiger partial charge on any atom is 0.305 e. The average molecular weight is 332 g/mol. The molecule has 1 heterocycles. The average Bonchev–Trinajstić information content (AvgIpc) is 2.44. The van der Waals surface area contributed by atoms with Crippen molar-refractivity contribution in [1.29, 1.82) is 0 Å². The van der Waals surface area contributed by atoms with E-state index in [1.54, 1.807) is 6.92 Å². The summed E-state index contributed by atoms with van der Waals surface area (Å²) in [6.45, 7) is 2.33. The van der Waals surface area contributed by atoms with Crippen LogP contribution in [0.5, 0.6) is 0 Å². The molecular weight excluding hydrogens is 308 g/mol. The quantitative estimate of drug-likeness (QED) is 0.740. The van der Waals surface area contributed by atoms with Crippen molar-refractivity contribution in [3.05, 3.63) is 0 Å². The molecule has 1 saturated heterocycles. The lowest BCUT2D eigenvalue weighted by Gasteiger charge is -2.43. The van der Waals surface area contributed by atoms with Gasteiger partial charge < -0.3 is 10.4 Å². The van der Waals surface area contributed by atoms with Crippen LogP contribution in [0.25, 0.3) is 0 Å². The van der Waals surface area contributed by atoms with Crippen molar-refractivity contribution in [2.24, 2.45) is 5.92 Å². The zero-order valence-corrected chi connectivity index (χ0v) is 13.7. The van der Waals surface area contributed by atoms with Gasteiger partial charge in [-0.2, -0.15) is 0 Å². The van der Waals surface area contributed by atoms with E-state index in [0.29, 0.717) is 38.8 Å². The summed E-state index contributed by atoms with van der Waals surface area (Å²) in [5, 5.41) is 11.9. The minimum absolute atomic E-state index is 0.0399. The number of sulfonamides is 1. The highest BCUT2D eigenvalue weighted by Crippen LogP contribution is 2.35. The smallest absolute Gasteiger partial charge is 0.305 e. The van der Waals surface area contributed by atoms with Crippen LogP contribution in [-0.4, -0.2) is 54.1 Å². The van der Waals surface area contributed by atoms with Gasteiger partial charge in [0.05, 0.1) is 17.7 Å². The molecule has 1 saturated carbocycles. The third-order valence-electron chi connectivity index (χ3n) is 4.77. The molecule has 2 aliphatic rings. The van der Waals surface area contributed by atoms with Gasteiger partial charge in [-0.1, -0.05) is 0 Å². The van der Waals surface area contributed by atoms with Gasteiger partial charge in [-0.3, -0.25) is 9.59 Å². The minimum atomic E-state index is -3.19. The highest BCUT2D eigenvalue weighted by Gasteiger charge is 2.42. The fraction of sp³-hybridized carbons (Fsp3) is 0.857. The second-order valence-electron chi connectivity index (χ2n) is 6.27. The van der Waals surface area contributed by atoms with Crippen molar-refractivity contribution in [2.75, 3.05) is 18.8 Å². The Labute approximate surface area is 131 Å². The number of piperidine rings is 1. The number of nitrogens with zero attached hydrogens (tertiary/aromatic N) is 1. The normalized spacial score (nSPS) is 22.8. The van der Waals surface area contributed by atoms with Crippen molar-refractivity contribution >= 4 is 21.9 Å². The molecule has 7 nitrogen and oxygen atoms in total. The Morgan fingerprint density at radius 1 is 1.27 bits per heavy atom. The maximum absolute atomic E-state index is 12.3. The molecule has 2 N–H and O–H groups in total. The molecule has 1 aliphatic carbocycles. The Morgan fingerprint density at radius 2 is 1.86 bits per heavy atom. The maximum atomic E-state index is 12.3. The van der Waals surface area contributed by atoms with Crippen molar-refractivity contribution in [1.82, 2.24) is 9.62 Å². The molecule has 22 heavy (non-hydrogen) atoms. The molecule has 0 aromatic rings. The van der Waals surface area contributed by atoms with Gasteiger partial charge in [-0.25, -0.2) is 12.7 Å². The third kappa shape index (κ3) is 3.78. The molecule has 0 radical (unpaired) electrons. The number of carboxylic acids is 1. The van der Waals surface area contributed by atoms with Crippen molar-refractivity contribution < 1.29 is 23.1 Å². The highest BCUT2D eigenvalue weighted by molar-refractivity contribution is 7.89. The molecule has 2 fully saturated rings.